The molecule has 0 saturated heterocycles. The molecule has 0 aliphatic rings. The van der Waals surface area contributed by atoms with Crippen LogP contribution in [0.5, 0.6) is 0 Å². The van der Waals surface area contributed by atoms with Crippen LogP contribution in [0.3, 0.4) is 0 Å². The number of aryl methyl sites for hydroxylation is 2. The highest BCUT2D eigenvalue weighted by molar-refractivity contribution is 5.85. The van der Waals surface area contributed by atoms with Crippen LogP contribution < -0.4 is 10.9 Å². The fourth-order valence-corrected chi connectivity index (χ4v) is 2.27. The summed E-state index contributed by atoms with van der Waals surface area (Å²) >= 11 is 0. The van der Waals surface area contributed by atoms with E-state index in [1.807, 2.05) is 46.8 Å². The smallest absolute Gasteiger partial charge is 0.336 e. The van der Waals surface area contributed by atoms with Crippen LogP contribution in [0.4, 0.5) is 0 Å². The standard InChI is InChI=1S/C17H21NO3/c1-10-6-11(2)15-13(7-10)12(8-14(19)21-15)9-18-16(20)17(3,4)5/h6-8H,9H2,1-5H3,(H,18,20). The molecule has 21 heavy (non-hydrogen) atoms. The number of hydrogen-bond donors (Lipinski definition) is 1. The van der Waals surface area contributed by atoms with Crippen molar-refractivity contribution in [3.63, 3.8) is 0 Å². The van der Waals surface area contributed by atoms with Crippen molar-refractivity contribution in [3.05, 3.63) is 45.3 Å². The van der Waals surface area contributed by atoms with Gasteiger partial charge in [0.25, 0.3) is 0 Å². The molecule has 0 radical (unpaired) electrons. The van der Waals surface area contributed by atoms with Gasteiger partial charge in [-0.3, -0.25) is 4.79 Å². The number of carbonyl (C=O) groups excluding carboxylic acids is 1. The Morgan fingerprint density at radius 2 is 1.86 bits per heavy atom. The van der Waals surface area contributed by atoms with Crippen LogP contribution in [0.15, 0.2) is 27.4 Å². The molecule has 0 fully saturated rings. The average Bonchev–Trinajstić information content (AvgIpc) is 2.35. The molecule has 112 valence electrons. The zero-order valence-corrected chi connectivity index (χ0v) is 13.2. The Bertz CT molecular complexity index is 751. The van der Waals surface area contributed by atoms with Crippen molar-refractivity contribution in [2.75, 3.05) is 0 Å². The van der Waals surface area contributed by atoms with E-state index in [0.29, 0.717) is 12.1 Å². The molecule has 0 bridgehead atoms. The van der Waals surface area contributed by atoms with Crippen molar-refractivity contribution >= 4 is 16.9 Å². The van der Waals surface area contributed by atoms with E-state index < -0.39 is 11.0 Å². The Labute approximate surface area is 124 Å². The molecular weight excluding hydrogens is 266 g/mol. The quantitative estimate of drug-likeness (QED) is 0.864. The van der Waals surface area contributed by atoms with E-state index in [0.717, 1.165) is 22.1 Å². The van der Waals surface area contributed by atoms with Gasteiger partial charge in [0.05, 0.1) is 0 Å². The zero-order valence-electron chi connectivity index (χ0n) is 13.2. The molecule has 0 saturated carbocycles. The Morgan fingerprint density at radius 1 is 1.19 bits per heavy atom. The third-order valence-electron chi connectivity index (χ3n) is 3.38. The van der Waals surface area contributed by atoms with E-state index in [1.54, 1.807) is 0 Å². The highest BCUT2D eigenvalue weighted by atomic mass is 16.4. The van der Waals surface area contributed by atoms with Crippen LogP contribution in [0.2, 0.25) is 0 Å². The Kier molecular flexibility index (Phi) is 3.90. The SMILES string of the molecule is Cc1cc(C)c2oc(=O)cc(CNC(=O)C(C)(C)C)c2c1. The predicted molar refractivity (Wildman–Crippen MR) is 83.3 cm³/mol. The Balaban J connectivity index is 2.44. The van der Waals surface area contributed by atoms with Crippen molar-refractivity contribution in [1.29, 1.82) is 0 Å². The third kappa shape index (κ3) is 3.32. The first kappa shape index (κ1) is 15.3. The second-order valence-corrected chi connectivity index (χ2v) is 6.48. The molecule has 1 amide bonds. The molecule has 1 aromatic carbocycles. The summed E-state index contributed by atoms with van der Waals surface area (Å²) in [7, 11) is 0. The molecule has 0 aliphatic carbocycles. The first-order valence-corrected chi connectivity index (χ1v) is 7.01. The fraction of sp³-hybridized carbons (Fsp3) is 0.412. The first-order valence-electron chi connectivity index (χ1n) is 7.01. The topological polar surface area (TPSA) is 59.3 Å². The van der Waals surface area contributed by atoms with Gasteiger partial charge in [0, 0.05) is 23.4 Å². The number of rotatable bonds is 2. The minimum absolute atomic E-state index is 0.0479. The van der Waals surface area contributed by atoms with Gasteiger partial charge in [0.2, 0.25) is 5.91 Å². The van der Waals surface area contributed by atoms with E-state index in [1.165, 1.54) is 6.07 Å². The number of benzene rings is 1. The number of carbonyl (C=O) groups is 1. The van der Waals surface area contributed by atoms with Crippen LogP contribution in [-0.4, -0.2) is 5.91 Å². The van der Waals surface area contributed by atoms with Crippen LogP contribution in [0.1, 0.15) is 37.5 Å². The van der Waals surface area contributed by atoms with Gasteiger partial charge >= 0.3 is 5.63 Å². The maximum atomic E-state index is 12.0. The van der Waals surface area contributed by atoms with Crippen LogP contribution in [0.25, 0.3) is 11.0 Å². The molecule has 0 aliphatic heterocycles. The summed E-state index contributed by atoms with van der Waals surface area (Å²) in [5.41, 5.74) is 2.54. The number of amides is 1. The molecule has 0 spiro atoms. The lowest BCUT2D eigenvalue weighted by Gasteiger charge is -2.18. The van der Waals surface area contributed by atoms with Crippen LogP contribution in [0, 0.1) is 19.3 Å². The van der Waals surface area contributed by atoms with Crippen molar-refractivity contribution in [3.8, 4) is 0 Å². The molecule has 2 rings (SSSR count). The summed E-state index contributed by atoms with van der Waals surface area (Å²) in [5, 5.41) is 3.75. The van der Waals surface area contributed by atoms with Crippen molar-refractivity contribution in [2.45, 2.75) is 41.2 Å². The molecule has 1 aromatic heterocycles. The Morgan fingerprint density at radius 3 is 2.48 bits per heavy atom. The van der Waals surface area contributed by atoms with E-state index >= 15 is 0 Å². The van der Waals surface area contributed by atoms with Gasteiger partial charge in [-0.1, -0.05) is 26.8 Å². The van der Waals surface area contributed by atoms with Gasteiger partial charge in [-0.15, -0.1) is 0 Å². The molecule has 0 unspecified atom stereocenters. The van der Waals surface area contributed by atoms with Gasteiger partial charge in [-0.25, -0.2) is 4.79 Å². The van der Waals surface area contributed by atoms with Gasteiger partial charge in [-0.2, -0.15) is 0 Å². The van der Waals surface area contributed by atoms with E-state index in [4.69, 9.17) is 4.42 Å². The minimum Gasteiger partial charge on any atom is -0.422 e. The van der Waals surface area contributed by atoms with Crippen LogP contribution in [-0.2, 0) is 11.3 Å². The molecule has 0 atom stereocenters. The third-order valence-corrected chi connectivity index (χ3v) is 3.38. The van der Waals surface area contributed by atoms with Gasteiger partial charge < -0.3 is 9.73 Å². The number of hydrogen-bond acceptors (Lipinski definition) is 3. The maximum Gasteiger partial charge on any atom is 0.336 e. The lowest BCUT2D eigenvalue weighted by molar-refractivity contribution is -0.128. The molecule has 1 heterocycles. The maximum absolute atomic E-state index is 12.0. The fourth-order valence-electron chi connectivity index (χ4n) is 2.27. The monoisotopic (exact) mass is 287 g/mol. The summed E-state index contributed by atoms with van der Waals surface area (Å²) in [6.45, 7) is 9.79. The van der Waals surface area contributed by atoms with Crippen molar-refractivity contribution in [2.24, 2.45) is 5.41 Å². The molecule has 2 aromatic rings. The van der Waals surface area contributed by atoms with Crippen molar-refractivity contribution < 1.29 is 9.21 Å². The lowest BCUT2D eigenvalue weighted by atomic mass is 9.95. The first-order chi connectivity index (χ1) is 9.68. The van der Waals surface area contributed by atoms with Gasteiger partial charge in [-0.05, 0) is 36.6 Å². The Hall–Kier alpha value is -2.10. The highest BCUT2D eigenvalue weighted by Crippen LogP contribution is 2.23. The summed E-state index contributed by atoms with van der Waals surface area (Å²) in [6.07, 6.45) is 0. The molecule has 4 heteroatoms. The van der Waals surface area contributed by atoms with Crippen molar-refractivity contribution in [1.82, 2.24) is 5.32 Å². The zero-order chi connectivity index (χ0) is 15.8. The summed E-state index contributed by atoms with van der Waals surface area (Å²) in [6, 6.07) is 5.40. The predicted octanol–water partition coefficient (Wildman–Crippen LogP) is 3.07. The van der Waals surface area contributed by atoms with E-state index in [-0.39, 0.29) is 5.91 Å². The van der Waals surface area contributed by atoms with E-state index in [9.17, 15) is 9.59 Å². The normalized spacial score (nSPS) is 11.7. The summed E-state index contributed by atoms with van der Waals surface area (Å²) in [4.78, 5) is 23.7. The van der Waals surface area contributed by atoms with Gasteiger partial charge in [0.15, 0.2) is 0 Å². The lowest BCUT2D eigenvalue weighted by Crippen LogP contribution is -2.34. The number of fused-ring (bicyclic) bond motifs is 1. The minimum atomic E-state index is -0.457. The molecule has 1 N–H and O–H groups in total. The largest absolute Gasteiger partial charge is 0.422 e. The summed E-state index contributed by atoms with van der Waals surface area (Å²) < 4.78 is 5.29. The van der Waals surface area contributed by atoms with Crippen LogP contribution >= 0.6 is 0 Å². The van der Waals surface area contributed by atoms with Gasteiger partial charge in [0.1, 0.15) is 5.58 Å². The average molecular weight is 287 g/mol. The van der Waals surface area contributed by atoms with E-state index in [2.05, 4.69) is 5.32 Å². The highest BCUT2D eigenvalue weighted by Gasteiger charge is 2.21. The summed E-state index contributed by atoms with van der Waals surface area (Å²) in [5.74, 6) is -0.0479. The second-order valence-electron chi connectivity index (χ2n) is 6.48. The second kappa shape index (κ2) is 5.35. The molecule has 4 nitrogen and oxygen atoms in total. The number of nitrogens with one attached hydrogen (secondary N) is 1. The molecular formula is C17H21NO3.